The summed E-state index contributed by atoms with van der Waals surface area (Å²) >= 11 is 1.52. The molecule has 1 unspecified atom stereocenters. The van der Waals surface area contributed by atoms with Gasteiger partial charge in [-0.25, -0.2) is 0 Å². The van der Waals surface area contributed by atoms with Crippen molar-refractivity contribution in [1.29, 1.82) is 0 Å². The van der Waals surface area contributed by atoms with Crippen LogP contribution in [0.1, 0.15) is 42.5 Å². The largest absolute Gasteiger partial charge is 0.357 e. The van der Waals surface area contributed by atoms with Crippen LogP contribution in [-0.4, -0.2) is 42.6 Å². The summed E-state index contributed by atoms with van der Waals surface area (Å²) in [6.07, 6.45) is 12.8. The molecule has 0 bridgehead atoms. The average molecular weight is 359 g/mol. The van der Waals surface area contributed by atoms with Gasteiger partial charge < -0.3 is 10.2 Å². The molecule has 4 nitrogen and oxygen atoms in total. The van der Waals surface area contributed by atoms with Crippen LogP contribution in [0.3, 0.4) is 0 Å². The van der Waals surface area contributed by atoms with E-state index in [0.717, 1.165) is 30.6 Å². The lowest BCUT2D eigenvalue weighted by atomic mass is 9.82. The van der Waals surface area contributed by atoms with E-state index in [0.29, 0.717) is 5.56 Å². The number of terminal acetylenes is 1. The predicted octanol–water partition coefficient (Wildman–Crippen LogP) is 3.18. The van der Waals surface area contributed by atoms with Crippen LogP contribution in [0.15, 0.2) is 29.2 Å². The maximum absolute atomic E-state index is 13.3. The van der Waals surface area contributed by atoms with Gasteiger partial charge in [0.1, 0.15) is 6.04 Å². The van der Waals surface area contributed by atoms with E-state index in [1.54, 1.807) is 18.0 Å². The second-order valence-electron chi connectivity index (χ2n) is 6.29. The number of nitrogens with one attached hydrogen (secondary N) is 1. The standard InChI is InChI=1S/C20H26N2O2S/c1-4-14-22(20(24)16-12-8-9-13-17(16)25-3)18(19(23)21-2)15-10-6-5-7-11-15/h1,8-9,12-13,15,18H,5-7,10-11,14H2,2-3H3,(H,21,23). The zero-order chi connectivity index (χ0) is 18.2. The topological polar surface area (TPSA) is 49.4 Å². The molecule has 2 rings (SSSR count). The predicted molar refractivity (Wildman–Crippen MR) is 103 cm³/mol. The Labute approximate surface area is 154 Å². The first-order valence-corrected chi connectivity index (χ1v) is 9.95. The molecule has 1 atom stereocenters. The molecule has 1 aliphatic rings. The van der Waals surface area contributed by atoms with Crippen molar-refractivity contribution in [3.63, 3.8) is 0 Å². The third kappa shape index (κ3) is 4.58. The van der Waals surface area contributed by atoms with Crippen molar-refractivity contribution in [3.05, 3.63) is 29.8 Å². The second-order valence-corrected chi connectivity index (χ2v) is 7.14. The van der Waals surface area contributed by atoms with Crippen molar-refractivity contribution < 1.29 is 9.59 Å². The van der Waals surface area contributed by atoms with Crippen molar-refractivity contribution in [2.45, 2.75) is 43.0 Å². The Kier molecular flexibility index (Phi) is 7.39. The molecule has 1 saturated carbocycles. The molecule has 1 aromatic rings. The fraction of sp³-hybridized carbons (Fsp3) is 0.500. The summed E-state index contributed by atoms with van der Waals surface area (Å²) in [5, 5.41) is 2.73. The number of carbonyl (C=O) groups is 2. The molecule has 134 valence electrons. The third-order valence-corrected chi connectivity index (χ3v) is 5.60. The Bertz CT molecular complexity index is 647. The highest BCUT2D eigenvalue weighted by Crippen LogP contribution is 2.31. The molecular weight excluding hydrogens is 332 g/mol. The van der Waals surface area contributed by atoms with E-state index in [1.807, 2.05) is 24.5 Å². The lowest BCUT2D eigenvalue weighted by Crippen LogP contribution is -2.53. The van der Waals surface area contributed by atoms with Gasteiger partial charge in [-0.1, -0.05) is 37.3 Å². The van der Waals surface area contributed by atoms with Gasteiger partial charge in [0.05, 0.1) is 12.1 Å². The Morgan fingerprint density at radius 1 is 1.32 bits per heavy atom. The average Bonchev–Trinajstić information content (AvgIpc) is 2.67. The van der Waals surface area contributed by atoms with Gasteiger partial charge in [-0.2, -0.15) is 0 Å². The van der Waals surface area contributed by atoms with Crippen LogP contribution >= 0.6 is 11.8 Å². The Morgan fingerprint density at radius 2 is 2.00 bits per heavy atom. The molecule has 0 aromatic heterocycles. The van der Waals surface area contributed by atoms with Gasteiger partial charge in [0.2, 0.25) is 5.91 Å². The molecule has 0 spiro atoms. The van der Waals surface area contributed by atoms with E-state index < -0.39 is 6.04 Å². The number of hydrogen-bond acceptors (Lipinski definition) is 3. The summed E-state index contributed by atoms with van der Waals surface area (Å²) in [4.78, 5) is 28.4. The zero-order valence-corrected chi connectivity index (χ0v) is 15.8. The number of thioether (sulfide) groups is 1. The Hall–Kier alpha value is -1.93. The molecule has 0 radical (unpaired) electrons. The highest BCUT2D eigenvalue weighted by molar-refractivity contribution is 7.98. The number of likely N-dealkylation sites (N-methyl/N-ethyl adjacent to an activating group) is 1. The fourth-order valence-electron chi connectivity index (χ4n) is 3.58. The highest BCUT2D eigenvalue weighted by atomic mass is 32.2. The summed E-state index contributed by atoms with van der Waals surface area (Å²) in [7, 11) is 1.62. The minimum Gasteiger partial charge on any atom is -0.357 e. The van der Waals surface area contributed by atoms with Gasteiger partial charge in [-0.15, -0.1) is 18.2 Å². The van der Waals surface area contributed by atoms with Gasteiger partial charge in [-0.05, 0) is 37.1 Å². The molecular formula is C20H26N2O2S. The van der Waals surface area contributed by atoms with Gasteiger partial charge in [0.25, 0.3) is 5.91 Å². The Morgan fingerprint density at radius 3 is 2.60 bits per heavy atom. The molecule has 5 heteroatoms. The SMILES string of the molecule is C#CCN(C(=O)c1ccccc1SC)C(C(=O)NC)C1CCCCC1. The number of benzene rings is 1. The Balaban J connectivity index is 2.39. The van der Waals surface area contributed by atoms with E-state index >= 15 is 0 Å². The normalized spacial score (nSPS) is 15.9. The van der Waals surface area contributed by atoms with E-state index in [4.69, 9.17) is 6.42 Å². The molecule has 1 N–H and O–H groups in total. The number of amides is 2. The quantitative estimate of drug-likeness (QED) is 0.628. The molecule has 0 aliphatic heterocycles. The van der Waals surface area contributed by atoms with Crippen LogP contribution < -0.4 is 5.32 Å². The molecule has 1 aromatic carbocycles. The summed E-state index contributed by atoms with van der Waals surface area (Å²) in [5.74, 6) is 2.44. The van der Waals surface area contributed by atoms with E-state index in [9.17, 15) is 9.59 Å². The first-order valence-electron chi connectivity index (χ1n) is 8.73. The number of rotatable bonds is 6. The van der Waals surface area contributed by atoms with Crippen molar-refractivity contribution in [2.24, 2.45) is 5.92 Å². The summed E-state index contributed by atoms with van der Waals surface area (Å²) < 4.78 is 0. The molecule has 0 saturated heterocycles. The summed E-state index contributed by atoms with van der Waals surface area (Å²) in [6.45, 7) is 0.135. The van der Waals surface area contributed by atoms with Gasteiger partial charge >= 0.3 is 0 Å². The van der Waals surface area contributed by atoms with E-state index in [1.165, 1.54) is 18.2 Å². The zero-order valence-electron chi connectivity index (χ0n) is 15.0. The summed E-state index contributed by atoms with van der Waals surface area (Å²) in [5.41, 5.74) is 0.606. The van der Waals surface area contributed by atoms with Gasteiger partial charge in [-0.3, -0.25) is 9.59 Å². The van der Waals surface area contributed by atoms with Crippen molar-refractivity contribution in [2.75, 3.05) is 19.8 Å². The maximum atomic E-state index is 13.3. The minimum atomic E-state index is -0.510. The molecule has 1 fully saturated rings. The van der Waals surface area contributed by atoms with Crippen molar-refractivity contribution in [1.82, 2.24) is 10.2 Å². The number of carbonyl (C=O) groups excluding carboxylic acids is 2. The lowest BCUT2D eigenvalue weighted by molar-refractivity contribution is -0.127. The highest BCUT2D eigenvalue weighted by Gasteiger charge is 2.37. The van der Waals surface area contributed by atoms with Gasteiger partial charge in [0, 0.05) is 11.9 Å². The summed E-state index contributed by atoms with van der Waals surface area (Å²) in [6, 6.07) is 6.96. The van der Waals surface area contributed by atoms with Crippen molar-refractivity contribution >= 4 is 23.6 Å². The van der Waals surface area contributed by atoms with E-state index in [-0.39, 0.29) is 24.3 Å². The smallest absolute Gasteiger partial charge is 0.256 e. The maximum Gasteiger partial charge on any atom is 0.256 e. The van der Waals surface area contributed by atoms with Crippen molar-refractivity contribution in [3.8, 4) is 12.3 Å². The molecule has 25 heavy (non-hydrogen) atoms. The second kappa shape index (κ2) is 9.53. The van der Waals surface area contributed by atoms with Crippen LogP contribution in [0.2, 0.25) is 0 Å². The van der Waals surface area contributed by atoms with Crippen LogP contribution in [0, 0.1) is 18.3 Å². The fourth-order valence-corrected chi connectivity index (χ4v) is 4.17. The molecule has 2 amide bonds. The number of nitrogens with zero attached hydrogens (tertiary/aromatic N) is 1. The first-order chi connectivity index (χ1) is 12.1. The van der Waals surface area contributed by atoms with Crippen LogP contribution in [0.5, 0.6) is 0 Å². The van der Waals surface area contributed by atoms with Crippen LogP contribution in [0.4, 0.5) is 0 Å². The number of hydrogen-bond donors (Lipinski definition) is 1. The molecule has 1 aliphatic carbocycles. The van der Waals surface area contributed by atoms with E-state index in [2.05, 4.69) is 11.2 Å². The van der Waals surface area contributed by atoms with Crippen LogP contribution in [-0.2, 0) is 4.79 Å². The van der Waals surface area contributed by atoms with Crippen LogP contribution in [0.25, 0.3) is 0 Å². The first kappa shape index (κ1) is 19.4. The van der Waals surface area contributed by atoms with Gasteiger partial charge in [0.15, 0.2) is 0 Å². The lowest BCUT2D eigenvalue weighted by Gasteiger charge is -2.37. The third-order valence-electron chi connectivity index (χ3n) is 4.81. The minimum absolute atomic E-state index is 0.128. The molecule has 0 heterocycles. The monoisotopic (exact) mass is 358 g/mol.